The Morgan fingerprint density at radius 3 is 2.80 bits per heavy atom. The van der Waals surface area contributed by atoms with Crippen molar-refractivity contribution in [2.45, 2.75) is 58.2 Å². The Bertz CT molecular complexity index is 1080. The van der Waals surface area contributed by atoms with Gasteiger partial charge in [-0.3, -0.25) is 9.79 Å². The van der Waals surface area contributed by atoms with Crippen LogP contribution in [0, 0.1) is 10.6 Å². The molecule has 0 aromatic carbocycles. The maximum absolute atomic E-state index is 12.3. The minimum Gasteiger partial charge on any atom is -0.402 e. The first-order valence-corrected chi connectivity index (χ1v) is 12.6. The molecule has 1 fully saturated rings. The van der Waals surface area contributed by atoms with Crippen LogP contribution in [0.4, 0.5) is 5.82 Å². The minimum absolute atomic E-state index is 0.0980. The second-order valence-corrected chi connectivity index (χ2v) is 10.5. The summed E-state index contributed by atoms with van der Waals surface area (Å²) in [6.45, 7) is 8.08. The van der Waals surface area contributed by atoms with E-state index in [0.717, 1.165) is 55.1 Å². The molecule has 3 rings (SSSR count). The maximum Gasteiger partial charge on any atom is 0.252 e. The molecule has 3 heterocycles. The van der Waals surface area contributed by atoms with Crippen LogP contribution in [-0.2, 0) is 4.79 Å². The highest BCUT2D eigenvalue weighted by Crippen LogP contribution is 2.40. The predicted octanol–water partition coefficient (Wildman–Crippen LogP) is 3.88. The van der Waals surface area contributed by atoms with Gasteiger partial charge in [0.2, 0.25) is 0 Å². The number of hydrogen-bond acceptors (Lipinski definition) is 7. The number of likely N-dealkylation sites (N-methyl/N-ethyl adjacent to an activating group) is 1. The number of aromatic amines is 1. The molecule has 0 spiro atoms. The average molecular weight is 498 g/mol. The third-order valence-electron chi connectivity index (χ3n) is 6.59. The summed E-state index contributed by atoms with van der Waals surface area (Å²) in [6, 6.07) is 5.82. The number of nitrogens with zero attached hydrogens (tertiary/aromatic N) is 3. The summed E-state index contributed by atoms with van der Waals surface area (Å²) in [5.41, 5.74) is 12.6. The van der Waals surface area contributed by atoms with Gasteiger partial charge >= 0.3 is 0 Å². The second-order valence-electron chi connectivity index (χ2n) is 10.0. The van der Waals surface area contributed by atoms with Gasteiger partial charge in [-0.15, -0.1) is 0 Å². The molecule has 1 amide bonds. The number of nitrogens with two attached hydrogens (primary N) is 2. The van der Waals surface area contributed by atoms with Gasteiger partial charge in [-0.2, -0.15) is 0 Å². The Morgan fingerprint density at radius 1 is 1.34 bits per heavy atom. The van der Waals surface area contributed by atoms with E-state index >= 15 is 0 Å². The number of allylic oxidation sites excluding steroid dienone is 2. The second kappa shape index (κ2) is 11.6. The Hall–Kier alpha value is -3.07. The lowest BCUT2D eigenvalue weighted by molar-refractivity contribution is -0.114. The van der Waals surface area contributed by atoms with Crippen LogP contribution in [0.5, 0.6) is 0 Å². The number of rotatable bonds is 10. The maximum atomic E-state index is 12.3. The third kappa shape index (κ3) is 6.97. The molecule has 0 radical (unpaired) electrons. The largest absolute Gasteiger partial charge is 0.402 e. The molecule has 6 N–H and O–H groups in total. The normalized spacial score (nSPS) is 22.3. The molecule has 2 atom stereocenters. The number of H-pyrrole nitrogens is 1. The molecule has 0 saturated carbocycles. The molecule has 190 valence electrons. The van der Waals surface area contributed by atoms with Gasteiger partial charge in [0.25, 0.3) is 5.91 Å². The number of carbonyl (C=O) groups excluding carboxylic acids is 1. The van der Waals surface area contributed by atoms with E-state index in [-0.39, 0.29) is 11.7 Å². The number of carbonyl (C=O) groups is 1. The fourth-order valence-electron chi connectivity index (χ4n) is 4.91. The lowest BCUT2D eigenvalue weighted by Crippen LogP contribution is -2.47. The number of aromatic nitrogens is 1. The van der Waals surface area contributed by atoms with Crippen LogP contribution in [0.25, 0.3) is 0 Å². The molecule has 35 heavy (non-hydrogen) atoms. The molecular formula is C26H39N7OS. The summed E-state index contributed by atoms with van der Waals surface area (Å²) in [5.74, 6) is 1.93. The van der Waals surface area contributed by atoms with E-state index in [2.05, 4.69) is 34.0 Å². The Labute approximate surface area is 213 Å². The zero-order valence-corrected chi connectivity index (χ0v) is 22.1. The number of unbranched alkanes of at least 4 members (excludes halogenated alkanes) is 1. The van der Waals surface area contributed by atoms with Crippen LogP contribution in [0.1, 0.15) is 46.5 Å². The van der Waals surface area contributed by atoms with Gasteiger partial charge in [0.15, 0.2) is 0 Å². The van der Waals surface area contributed by atoms with Crippen LogP contribution < -0.4 is 16.8 Å². The summed E-state index contributed by atoms with van der Waals surface area (Å²) in [4.78, 5) is 24.5. The highest BCUT2D eigenvalue weighted by atomic mass is 32.1. The highest BCUT2D eigenvalue weighted by molar-refractivity contribution is 7.71. The summed E-state index contributed by atoms with van der Waals surface area (Å²) >= 11 is 5.18. The standard InChI is InChI=1S/C26H39N7OS/c1-18(27)13-15-30-22-12-11-20(24(28)34)25(32(22)4)33-17-19(16-26(33,2)3)8-5-6-14-29-21-9-7-10-23(35)31-21/h7,9-13,15,19,22H,5-6,8,14,16-17,27H2,1-4H3,(H2,28,34)(H2,29,31,35)/b18-13-,30-15+. The lowest BCUT2D eigenvalue weighted by atomic mass is 9.92. The first-order valence-electron chi connectivity index (χ1n) is 12.2. The van der Waals surface area contributed by atoms with E-state index < -0.39 is 5.91 Å². The van der Waals surface area contributed by atoms with Crippen LogP contribution in [-0.4, -0.2) is 58.7 Å². The van der Waals surface area contributed by atoms with Crippen LogP contribution in [0.15, 0.2) is 58.5 Å². The summed E-state index contributed by atoms with van der Waals surface area (Å²) < 4.78 is 0.731. The molecule has 0 aliphatic carbocycles. The fourth-order valence-corrected chi connectivity index (χ4v) is 5.10. The van der Waals surface area contributed by atoms with E-state index in [1.54, 1.807) is 12.3 Å². The van der Waals surface area contributed by atoms with Gasteiger partial charge < -0.3 is 31.6 Å². The molecule has 2 unspecified atom stereocenters. The van der Waals surface area contributed by atoms with Crippen LogP contribution >= 0.6 is 12.2 Å². The molecule has 1 aromatic rings. The Balaban J connectivity index is 1.64. The molecule has 0 bridgehead atoms. The zero-order chi connectivity index (χ0) is 25.6. The van der Waals surface area contributed by atoms with Crippen molar-refractivity contribution < 1.29 is 4.79 Å². The van der Waals surface area contributed by atoms with Crippen LogP contribution in [0.3, 0.4) is 0 Å². The van der Waals surface area contributed by atoms with Gasteiger partial charge in [0.1, 0.15) is 22.4 Å². The van der Waals surface area contributed by atoms with E-state index in [1.807, 2.05) is 49.2 Å². The molecule has 1 saturated heterocycles. The van der Waals surface area contributed by atoms with Gasteiger partial charge in [-0.1, -0.05) is 24.7 Å². The quantitative estimate of drug-likeness (QED) is 0.221. The first-order chi connectivity index (χ1) is 16.6. The topological polar surface area (TPSA) is 116 Å². The number of likely N-dealkylation sites (tertiary alicyclic amines) is 1. The van der Waals surface area contributed by atoms with Crippen LogP contribution in [0.2, 0.25) is 0 Å². The summed E-state index contributed by atoms with van der Waals surface area (Å²) in [7, 11) is 1.97. The zero-order valence-electron chi connectivity index (χ0n) is 21.3. The SMILES string of the molecule is C/C(N)=C/C=N/C1C=CC(C(N)=O)=C(N2CC(CCCCNc3cccc(=S)[nH]3)CC2(C)C)N1C. The predicted molar refractivity (Wildman–Crippen MR) is 146 cm³/mol. The number of primary amides is 1. The number of anilines is 1. The van der Waals surface area contributed by atoms with Gasteiger partial charge in [0, 0.05) is 37.6 Å². The van der Waals surface area contributed by atoms with Crippen molar-refractivity contribution in [2.75, 3.05) is 25.5 Å². The van der Waals surface area contributed by atoms with Gasteiger partial charge in [-0.25, -0.2) is 0 Å². The van der Waals surface area contributed by atoms with E-state index in [1.165, 1.54) is 0 Å². The third-order valence-corrected chi connectivity index (χ3v) is 6.82. The average Bonchev–Trinajstić information content (AvgIpc) is 3.07. The molecule has 2 aliphatic heterocycles. The monoisotopic (exact) mass is 497 g/mol. The van der Waals surface area contributed by atoms with Crippen molar-refractivity contribution in [3.63, 3.8) is 0 Å². The molecule has 9 heteroatoms. The van der Waals surface area contributed by atoms with Gasteiger partial charge in [-0.05, 0) is 76.3 Å². The number of pyridine rings is 1. The molecule has 2 aliphatic rings. The number of aliphatic imine (C=N–C) groups is 1. The molecular weight excluding hydrogens is 458 g/mol. The lowest BCUT2D eigenvalue weighted by Gasteiger charge is -2.43. The highest BCUT2D eigenvalue weighted by Gasteiger charge is 2.42. The summed E-state index contributed by atoms with van der Waals surface area (Å²) in [5, 5.41) is 3.41. The van der Waals surface area contributed by atoms with E-state index in [0.29, 0.717) is 17.2 Å². The van der Waals surface area contributed by atoms with E-state index in [9.17, 15) is 4.79 Å². The number of hydrogen-bond donors (Lipinski definition) is 4. The summed E-state index contributed by atoms with van der Waals surface area (Å²) in [6.07, 6.45) is 11.4. The van der Waals surface area contributed by atoms with Crippen molar-refractivity contribution in [1.29, 1.82) is 0 Å². The number of nitrogens with one attached hydrogen (secondary N) is 2. The van der Waals surface area contributed by atoms with Crippen molar-refractivity contribution in [1.82, 2.24) is 14.8 Å². The van der Waals surface area contributed by atoms with Crippen molar-refractivity contribution in [2.24, 2.45) is 22.4 Å². The molecule has 8 nitrogen and oxygen atoms in total. The smallest absolute Gasteiger partial charge is 0.252 e. The molecule has 1 aromatic heterocycles. The minimum atomic E-state index is -0.423. The Kier molecular flexibility index (Phi) is 8.77. The fraction of sp³-hybridized carbons (Fsp3) is 0.500. The van der Waals surface area contributed by atoms with E-state index in [4.69, 9.17) is 23.7 Å². The van der Waals surface area contributed by atoms with Gasteiger partial charge in [0.05, 0.1) is 5.57 Å². The Morgan fingerprint density at radius 2 is 2.11 bits per heavy atom. The number of amides is 1. The van der Waals surface area contributed by atoms with Crippen molar-refractivity contribution in [3.8, 4) is 0 Å². The van der Waals surface area contributed by atoms with Crippen molar-refractivity contribution in [3.05, 3.63) is 58.2 Å². The first kappa shape index (κ1) is 26.5. The van der Waals surface area contributed by atoms with Crippen molar-refractivity contribution >= 4 is 30.2 Å².